The number of halogens is 1. The fraction of sp³-hybridized carbons (Fsp3) is 0.739. The standard InChI is InChI=1S/C23H40N6O.HI/c1-3-28-13-15-29(16-14-28)22-18-20(10-12-25-22)19-27-23(24-2)26-11-7-17-30-21-8-5-4-6-9-21;/h10,12,18,21H,3-9,11,13-17,19H2,1-2H3,(H2,24,26,27);1H. The van der Waals surface area contributed by atoms with Gasteiger partial charge in [0.1, 0.15) is 5.82 Å². The fourth-order valence-corrected chi connectivity index (χ4v) is 4.20. The number of anilines is 1. The van der Waals surface area contributed by atoms with Gasteiger partial charge >= 0.3 is 0 Å². The highest BCUT2D eigenvalue weighted by atomic mass is 127. The molecule has 3 rings (SSSR count). The normalized spacial score (nSPS) is 18.5. The number of aromatic nitrogens is 1. The predicted molar refractivity (Wildman–Crippen MR) is 140 cm³/mol. The van der Waals surface area contributed by atoms with Gasteiger partial charge in [-0.15, -0.1) is 24.0 Å². The lowest BCUT2D eigenvalue weighted by Gasteiger charge is -2.34. The summed E-state index contributed by atoms with van der Waals surface area (Å²) in [5.74, 6) is 1.91. The maximum atomic E-state index is 6.00. The fourth-order valence-electron chi connectivity index (χ4n) is 4.20. The Morgan fingerprint density at radius 3 is 2.65 bits per heavy atom. The first-order valence-electron chi connectivity index (χ1n) is 11.8. The number of likely N-dealkylation sites (N-methyl/N-ethyl adjacent to an activating group) is 1. The lowest BCUT2D eigenvalue weighted by molar-refractivity contribution is 0.0277. The van der Waals surface area contributed by atoms with Crippen molar-refractivity contribution in [3.63, 3.8) is 0 Å². The van der Waals surface area contributed by atoms with Gasteiger partial charge in [0.2, 0.25) is 0 Å². The first-order valence-corrected chi connectivity index (χ1v) is 11.8. The number of pyridine rings is 1. The minimum atomic E-state index is 0. The maximum Gasteiger partial charge on any atom is 0.191 e. The summed E-state index contributed by atoms with van der Waals surface area (Å²) in [6.07, 6.45) is 9.89. The van der Waals surface area contributed by atoms with Gasteiger partial charge in [-0.1, -0.05) is 26.2 Å². The highest BCUT2D eigenvalue weighted by Crippen LogP contribution is 2.20. The Morgan fingerprint density at radius 1 is 1.16 bits per heavy atom. The molecular weight excluding hydrogens is 503 g/mol. The highest BCUT2D eigenvalue weighted by molar-refractivity contribution is 14.0. The first kappa shape index (κ1) is 26.1. The van der Waals surface area contributed by atoms with Gasteiger partial charge in [-0.3, -0.25) is 4.99 Å². The van der Waals surface area contributed by atoms with Crippen molar-refractivity contribution in [2.45, 2.75) is 58.1 Å². The molecule has 0 bridgehead atoms. The van der Waals surface area contributed by atoms with E-state index in [1.165, 1.54) is 37.7 Å². The van der Waals surface area contributed by atoms with Gasteiger partial charge in [0.25, 0.3) is 0 Å². The molecule has 2 N–H and O–H groups in total. The smallest absolute Gasteiger partial charge is 0.191 e. The van der Waals surface area contributed by atoms with Crippen LogP contribution in [0.25, 0.3) is 0 Å². The van der Waals surface area contributed by atoms with Gasteiger partial charge in [-0.2, -0.15) is 0 Å². The lowest BCUT2D eigenvalue weighted by atomic mass is 9.98. The molecule has 1 aromatic rings. The van der Waals surface area contributed by atoms with Crippen molar-refractivity contribution >= 4 is 35.8 Å². The second-order valence-electron chi connectivity index (χ2n) is 8.28. The molecule has 0 atom stereocenters. The van der Waals surface area contributed by atoms with E-state index in [9.17, 15) is 0 Å². The van der Waals surface area contributed by atoms with Crippen LogP contribution in [0.2, 0.25) is 0 Å². The molecular formula is C23H41IN6O. The van der Waals surface area contributed by atoms with Crippen LogP contribution in [0.4, 0.5) is 5.82 Å². The van der Waals surface area contributed by atoms with Crippen LogP contribution in [-0.4, -0.2) is 74.9 Å². The minimum Gasteiger partial charge on any atom is -0.378 e. The van der Waals surface area contributed by atoms with Crippen LogP contribution in [0, 0.1) is 0 Å². The number of nitrogens with one attached hydrogen (secondary N) is 2. The summed E-state index contributed by atoms with van der Waals surface area (Å²) in [6.45, 7) is 10.1. The monoisotopic (exact) mass is 544 g/mol. The number of nitrogens with zero attached hydrogens (tertiary/aromatic N) is 4. The zero-order valence-electron chi connectivity index (χ0n) is 19.3. The number of hydrogen-bond acceptors (Lipinski definition) is 5. The molecule has 7 nitrogen and oxygen atoms in total. The van der Waals surface area contributed by atoms with E-state index >= 15 is 0 Å². The van der Waals surface area contributed by atoms with E-state index in [1.54, 1.807) is 0 Å². The summed E-state index contributed by atoms with van der Waals surface area (Å²) in [5.41, 5.74) is 1.22. The van der Waals surface area contributed by atoms with E-state index < -0.39 is 0 Å². The van der Waals surface area contributed by atoms with Crippen molar-refractivity contribution in [2.75, 3.05) is 57.8 Å². The Kier molecular flexibility index (Phi) is 12.5. The zero-order valence-corrected chi connectivity index (χ0v) is 21.6. The van der Waals surface area contributed by atoms with E-state index in [1.807, 2.05) is 13.2 Å². The van der Waals surface area contributed by atoms with Gasteiger partial charge in [-0.05, 0) is 43.5 Å². The number of rotatable bonds is 9. The van der Waals surface area contributed by atoms with E-state index in [4.69, 9.17) is 4.74 Å². The molecule has 0 aromatic carbocycles. The molecule has 2 heterocycles. The van der Waals surface area contributed by atoms with Crippen LogP contribution in [0.1, 0.15) is 51.0 Å². The molecule has 0 unspecified atom stereocenters. The summed E-state index contributed by atoms with van der Waals surface area (Å²) < 4.78 is 6.00. The third-order valence-corrected chi connectivity index (χ3v) is 6.16. The second-order valence-corrected chi connectivity index (χ2v) is 8.28. The largest absolute Gasteiger partial charge is 0.378 e. The molecule has 2 aliphatic rings. The van der Waals surface area contributed by atoms with Crippen LogP contribution < -0.4 is 15.5 Å². The predicted octanol–water partition coefficient (Wildman–Crippen LogP) is 3.25. The molecule has 176 valence electrons. The third kappa shape index (κ3) is 9.10. The van der Waals surface area contributed by atoms with Crippen molar-refractivity contribution in [1.82, 2.24) is 20.5 Å². The van der Waals surface area contributed by atoms with Crippen molar-refractivity contribution in [2.24, 2.45) is 4.99 Å². The highest BCUT2D eigenvalue weighted by Gasteiger charge is 2.17. The lowest BCUT2D eigenvalue weighted by Crippen LogP contribution is -2.46. The summed E-state index contributed by atoms with van der Waals surface area (Å²) in [6, 6.07) is 4.27. The van der Waals surface area contributed by atoms with Crippen LogP contribution in [0.5, 0.6) is 0 Å². The van der Waals surface area contributed by atoms with E-state index in [-0.39, 0.29) is 24.0 Å². The summed E-state index contributed by atoms with van der Waals surface area (Å²) >= 11 is 0. The van der Waals surface area contributed by atoms with Gasteiger partial charge in [0.05, 0.1) is 6.10 Å². The first-order chi connectivity index (χ1) is 14.8. The molecule has 1 aliphatic heterocycles. The Labute approximate surface area is 205 Å². The molecule has 0 spiro atoms. The van der Waals surface area contributed by atoms with Crippen LogP contribution >= 0.6 is 24.0 Å². The summed E-state index contributed by atoms with van der Waals surface area (Å²) in [7, 11) is 1.82. The van der Waals surface area contributed by atoms with Crippen molar-refractivity contribution in [1.29, 1.82) is 0 Å². The minimum absolute atomic E-state index is 0. The molecule has 0 amide bonds. The van der Waals surface area contributed by atoms with Crippen molar-refractivity contribution < 1.29 is 4.74 Å². The molecule has 31 heavy (non-hydrogen) atoms. The quantitative estimate of drug-likeness (QED) is 0.216. The number of guanidine groups is 1. The van der Waals surface area contributed by atoms with Crippen LogP contribution in [0.3, 0.4) is 0 Å². The molecule has 0 radical (unpaired) electrons. The third-order valence-electron chi connectivity index (χ3n) is 6.16. The molecule has 8 heteroatoms. The SMILES string of the molecule is CCN1CCN(c2cc(CNC(=NC)NCCCOC3CCCCC3)ccn2)CC1.I. The zero-order chi connectivity index (χ0) is 21.0. The number of aliphatic imine (C=N–C) groups is 1. The number of ether oxygens (including phenoxy) is 1. The topological polar surface area (TPSA) is 65.0 Å². The molecule has 1 saturated heterocycles. The van der Waals surface area contributed by atoms with Crippen molar-refractivity contribution in [3.8, 4) is 0 Å². The Balaban J connectivity index is 0.00000341. The average Bonchev–Trinajstić information content (AvgIpc) is 2.82. The molecule has 1 aliphatic carbocycles. The van der Waals surface area contributed by atoms with Crippen molar-refractivity contribution in [3.05, 3.63) is 23.9 Å². The average molecular weight is 545 g/mol. The number of piperazine rings is 1. The Morgan fingerprint density at radius 2 is 1.94 bits per heavy atom. The van der Waals surface area contributed by atoms with Crippen LogP contribution in [-0.2, 0) is 11.3 Å². The summed E-state index contributed by atoms with van der Waals surface area (Å²) in [5, 5.41) is 6.81. The maximum absolute atomic E-state index is 6.00. The van der Waals surface area contributed by atoms with Gasteiger partial charge < -0.3 is 25.2 Å². The van der Waals surface area contributed by atoms with Gasteiger partial charge in [-0.25, -0.2) is 4.98 Å². The van der Waals surface area contributed by atoms with Crippen LogP contribution in [0.15, 0.2) is 23.3 Å². The van der Waals surface area contributed by atoms with E-state index in [0.717, 1.165) is 70.6 Å². The summed E-state index contributed by atoms with van der Waals surface area (Å²) in [4.78, 5) is 13.8. The Hall–Kier alpha value is -1.13. The molecule has 1 saturated carbocycles. The Bertz CT molecular complexity index is 645. The second kappa shape index (κ2) is 14.8. The van der Waals surface area contributed by atoms with E-state index in [2.05, 4.69) is 49.5 Å². The molecule has 1 aromatic heterocycles. The number of hydrogen-bond donors (Lipinski definition) is 2. The van der Waals surface area contributed by atoms with Gasteiger partial charge in [0.15, 0.2) is 5.96 Å². The van der Waals surface area contributed by atoms with Gasteiger partial charge in [0, 0.05) is 59.1 Å². The molecule has 2 fully saturated rings. The van der Waals surface area contributed by atoms with E-state index in [0.29, 0.717) is 6.10 Å².